The topological polar surface area (TPSA) is 70.2 Å². The number of ether oxygens (including phenoxy) is 1. The van der Waals surface area contributed by atoms with Gasteiger partial charge in [0.15, 0.2) is 0 Å². The van der Waals surface area contributed by atoms with Crippen LogP contribution in [0.4, 0.5) is 5.82 Å². The first kappa shape index (κ1) is 18.3. The molecule has 7 heterocycles. The van der Waals surface area contributed by atoms with Crippen molar-refractivity contribution in [3.05, 3.63) is 66.7 Å². The van der Waals surface area contributed by atoms with Crippen molar-refractivity contribution in [2.75, 3.05) is 25.1 Å². The molecule has 3 saturated heterocycles. The molecule has 4 aromatic rings. The quantitative estimate of drug-likeness (QED) is 0.541. The van der Waals surface area contributed by atoms with Crippen molar-refractivity contribution in [2.45, 2.75) is 25.0 Å². The molecule has 0 aromatic carbocycles. The summed E-state index contributed by atoms with van der Waals surface area (Å²) < 4.78 is 5.16. The van der Waals surface area contributed by atoms with E-state index in [0.717, 1.165) is 47.6 Å². The number of rotatable bonds is 5. The molecule has 156 valence electrons. The van der Waals surface area contributed by atoms with Gasteiger partial charge in [0.25, 0.3) is 0 Å². The maximum atomic E-state index is 5.16. The number of aromatic nitrogens is 4. The van der Waals surface area contributed by atoms with Crippen LogP contribution in [-0.2, 0) is 6.54 Å². The highest BCUT2D eigenvalue weighted by Crippen LogP contribution is 2.36. The molecule has 0 spiro atoms. The van der Waals surface area contributed by atoms with Gasteiger partial charge in [0.2, 0.25) is 5.88 Å². The first-order chi connectivity index (χ1) is 15.3. The van der Waals surface area contributed by atoms with Gasteiger partial charge in [-0.2, -0.15) is 0 Å². The molecule has 4 aromatic heterocycles. The molecule has 1 N–H and O–H groups in total. The summed E-state index contributed by atoms with van der Waals surface area (Å²) in [6, 6.07) is 13.6. The Morgan fingerprint density at radius 2 is 1.90 bits per heavy atom. The number of methoxy groups -OCH3 is 1. The van der Waals surface area contributed by atoms with Crippen molar-refractivity contribution >= 4 is 16.9 Å². The summed E-state index contributed by atoms with van der Waals surface area (Å²) in [5.41, 5.74) is 4.42. The SMILES string of the molecule is COc1ccc(CN2C3CC2CN(c2ccc(-c4ccnc5[nH]ccc45)cn2)C3)cn1. The summed E-state index contributed by atoms with van der Waals surface area (Å²) >= 11 is 0. The number of anilines is 1. The van der Waals surface area contributed by atoms with Gasteiger partial charge in [0, 0.05) is 73.5 Å². The summed E-state index contributed by atoms with van der Waals surface area (Å²) in [5.74, 6) is 1.72. The molecule has 3 aliphatic rings. The normalized spacial score (nSPS) is 20.6. The van der Waals surface area contributed by atoms with Crippen LogP contribution in [0.2, 0.25) is 0 Å². The molecule has 0 saturated carbocycles. The zero-order chi connectivity index (χ0) is 20.8. The third kappa shape index (κ3) is 3.21. The Balaban J connectivity index is 1.14. The molecule has 31 heavy (non-hydrogen) atoms. The molecule has 2 atom stereocenters. The molecule has 3 aliphatic heterocycles. The third-order valence-electron chi connectivity index (χ3n) is 6.56. The molecule has 3 fully saturated rings. The van der Waals surface area contributed by atoms with Gasteiger partial charge in [0.1, 0.15) is 11.5 Å². The molecule has 2 unspecified atom stereocenters. The predicted molar refractivity (Wildman–Crippen MR) is 120 cm³/mol. The van der Waals surface area contributed by atoms with Crippen LogP contribution >= 0.6 is 0 Å². The Hall–Kier alpha value is -3.45. The molecule has 2 bridgehead atoms. The molecule has 7 nitrogen and oxygen atoms in total. The van der Waals surface area contributed by atoms with E-state index in [-0.39, 0.29) is 0 Å². The van der Waals surface area contributed by atoms with E-state index < -0.39 is 0 Å². The van der Waals surface area contributed by atoms with Gasteiger partial charge in [-0.25, -0.2) is 15.0 Å². The standard InChI is InChI=1S/C24H24N6O/c1-31-23-5-2-16(11-28-23)13-30-18-10-19(30)15-29(14-18)22-4-3-17(12-27-22)20-6-8-25-24-21(20)7-9-26-24/h2-9,11-12,18-19H,10,13-15H2,1H3,(H,25,26). The highest BCUT2D eigenvalue weighted by Gasteiger charge is 2.44. The maximum Gasteiger partial charge on any atom is 0.212 e. The van der Waals surface area contributed by atoms with Crippen LogP contribution in [0, 0.1) is 0 Å². The van der Waals surface area contributed by atoms with Crippen molar-refractivity contribution in [3.8, 4) is 17.0 Å². The van der Waals surface area contributed by atoms with Crippen molar-refractivity contribution < 1.29 is 4.74 Å². The molecule has 0 amide bonds. The lowest BCUT2D eigenvalue weighted by molar-refractivity contribution is -0.00876. The van der Waals surface area contributed by atoms with Crippen LogP contribution in [0.3, 0.4) is 0 Å². The Labute approximate surface area is 180 Å². The van der Waals surface area contributed by atoms with Gasteiger partial charge < -0.3 is 14.6 Å². The summed E-state index contributed by atoms with van der Waals surface area (Å²) in [7, 11) is 1.65. The maximum absolute atomic E-state index is 5.16. The fourth-order valence-electron chi connectivity index (χ4n) is 4.91. The van der Waals surface area contributed by atoms with E-state index in [9.17, 15) is 0 Å². The number of hydrogen-bond acceptors (Lipinski definition) is 6. The molecular weight excluding hydrogens is 388 g/mol. The van der Waals surface area contributed by atoms with Gasteiger partial charge in [-0.15, -0.1) is 0 Å². The monoisotopic (exact) mass is 412 g/mol. The van der Waals surface area contributed by atoms with E-state index in [1.807, 2.05) is 30.9 Å². The number of hydrogen-bond donors (Lipinski definition) is 1. The zero-order valence-electron chi connectivity index (χ0n) is 17.4. The second-order valence-corrected chi connectivity index (χ2v) is 8.33. The molecule has 0 aliphatic carbocycles. The lowest BCUT2D eigenvalue weighted by Crippen LogP contribution is -2.68. The number of H-pyrrole nitrogens is 1. The summed E-state index contributed by atoms with van der Waals surface area (Å²) in [6.45, 7) is 2.98. The van der Waals surface area contributed by atoms with Gasteiger partial charge in [-0.3, -0.25) is 4.90 Å². The first-order valence-corrected chi connectivity index (χ1v) is 10.7. The Bertz CT molecular complexity index is 1190. The molecular formula is C24H24N6O. The lowest BCUT2D eigenvalue weighted by atomic mass is 9.87. The van der Waals surface area contributed by atoms with Crippen LogP contribution in [0.25, 0.3) is 22.2 Å². The smallest absolute Gasteiger partial charge is 0.212 e. The number of nitrogens with one attached hydrogen (secondary N) is 1. The van der Waals surface area contributed by atoms with Gasteiger partial charge in [-0.05, 0) is 41.8 Å². The van der Waals surface area contributed by atoms with Crippen LogP contribution < -0.4 is 9.64 Å². The average molecular weight is 412 g/mol. The Kier molecular flexibility index (Phi) is 4.35. The van der Waals surface area contributed by atoms with Crippen molar-refractivity contribution in [1.29, 1.82) is 0 Å². The second kappa shape index (κ2) is 7.35. The van der Waals surface area contributed by atoms with E-state index in [1.165, 1.54) is 12.0 Å². The lowest BCUT2D eigenvalue weighted by Gasteiger charge is -2.56. The highest BCUT2D eigenvalue weighted by molar-refractivity contribution is 5.92. The predicted octanol–water partition coefficient (Wildman–Crippen LogP) is 3.49. The Morgan fingerprint density at radius 1 is 1.00 bits per heavy atom. The number of piperazine rings is 1. The molecule has 0 radical (unpaired) electrons. The van der Waals surface area contributed by atoms with Crippen molar-refractivity contribution in [3.63, 3.8) is 0 Å². The molecule has 7 heteroatoms. The molecule has 7 rings (SSSR count). The van der Waals surface area contributed by atoms with Crippen molar-refractivity contribution in [2.24, 2.45) is 0 Å². The number of fused-ring (bicyclic) bond motifs is 3. The minimum atomic E-state index is 0.571. The van der Waals surface area contributed by atoms with Gasteiger partial charge >= 0.3 is 0 Å². The largest absolute Gasteiger partial charge is 0.481 e. The fourth-order valence-corrected chi connectivity index (χ4v) is 4.91. The van der Waals surface area contributed by atoms with Crippen LogP contribution in [0.15, 0.2) is 61.2 Å². The fraction of sp³-hybridized carbons (Fsp3) is 0.292. The third-order valence-corrected chi connectivity index (χ3v) is 6.56. The van der Waals surface area contributed by atoms with E-state index in [2.05, 4.69) is 55.1 Å². The summed E-state index contributed by atoms with van der Waals surface area (Å²) in [6.07, 6.45) is 8.94. The number of nitrogens with zero attached hydrogens (tertiary/aromatic N) is 5. The number of pyridine rings is 3. The zero-order valence-corrected chi connectivity index (χ0v) is 17.4. The summed E-state index contributed by atoms with van der Waals surface area (Å²) in [5, 5.41) is 1.12. The van der Waals surface area contributed by atoms with Gasteiger partial charge in [-0.1, -0.05) is 6.07 Å². The minimum Gasteiger partial charge on any atom is -0.481 e. The van der Waals surface area contributed by atoms with Crippen LogP contribution in [0.1, 0.15) is 12.0 Å². The van der Waals surface area contributed by atoms with E-state index in [1.54, 1.807) is 7.11 Å². The Morgan fingerprint density at radius 3 is 2.65 bits per heavy atom. The van der Waals surface area contributed by atoms with Crippen LogP contribution in [0.5, 0.6) is 5.88 Å². The second-order valence-electron chi connectivity index (χ2n) is 8.33. The first-order valence-electron chi connectivity index (χ1n) is 10.7. The number of piperidine rings is 1. The number of aromatic amines is 1. The van der Waals surface area contributed by atoms with E-state index in [4.69, 9.17) is 9.72 Å². The minimum absolute atomic E-state index is 0.571. The van der Waals surface area contributed by atoms with Crippen LogP contribution in [-0.4, -0.2) is 57.1 Å². The van der Waals surface area contributed by atoms with Crippen molar-refractivity contribution in [1.82, 2.24) is 24.8 Å². The highest BCUT2D eigenvalue weighted by atomic mass is 16.5. The average Bonchev–Trinajstić information content (AvgIpc) is 3.32. The van der Waals surface area contributed by atoms with E-state index in [0.29, 0.717) is 18.0 Å². The van der Waals surface area contributed by atoms with E-state index >= 15 is 0 Å². The van der Waals surface area contributed by atoms with Gasteiger partial charge in [0.05, 0.1) is 7.11 Å². The summed E-state index contributed by atoms with van der Waals surface area (Å²) in [4.78, 5) is 21.7.